The number of ether oxygens (including phenoxy) is 1. The zero-order valence-corrected chi connectivity index (χ0v) is 11.4. The van der Waals surface area contributed by atoms with Crippen molar-refractivity contribution in [3.8, 4) is 0 Å². The van der Waals surface area contributed by atoms with Crippen LogP contribution in [0.4, 0.5) is 0 Å². The second-order valence-corrected chi connectivity index (χ2v) is 4.91. The van der Waals surface area contributed by atoms with Crippen LogP contribution in [0.25, 0.3) is 0 Å². The van der Waals surface area contributed by atoms with Crippen LogP contribution in [0.5, 0.6) is 0 Å². The lowest BCUT2D eigenvalue weighted by Gasteiger charge is -2.42. The minimum Gasteiger partial charge on any atom is -0.394 e. The quantitative estimate of drug-likeness (QED) is 0.410. The highest BCUT2D eigenvalue weighted by atomic mass is 32.1. The second-order valence-electron chi connectivity index (χ2n) is 4.52. The molecule has 0 saturated carbocycles. The molecule has 0 radical (unpaired) electrons. The van der Waals surface area contributed by atoms with Gasteiger partial charge in [0.1, 0.15) is 30.7 Å². The first-order chi connectivity index (χ1) is 9.45. The Morgan fingerprint density at radius 1 is 1.60 bits per heavy atom. The molecule has 112 valence electrons. The van der Waals surface area contributed by atoms with Crippen molar-refractivity contribution < 1.29 is 24.9 Å². The monoisotopic (exact) mass is 304 g/mol. The molecule has 1 amide bonds. The normalized spacial score (nSPS) is 33.9. The van der Waals surface area contributed by atoms with Crippen molar-refractivity contribution in [1.82, 2.24) is 20.1 Å². The first-order valence-corrected chi connectivity index (χ1v) is 6.37. The molecule has 1 fully saturated rings. The van der Waals surface area contributed by atoms with Crippen molar-refractivity contribution in [2.45, 2.75) is 37.5 Å². The number of amides is 1. The molecule has 10 heteroatoms. The van der Waals surface area contributed by atoms with Gasteiger partial charge in [0.2, 0.25) is 5.91 Å². The van der Waals surface area contributed by atoms with Crippen molar-refractivity contribution >= 4 is 18.1 Å². The summed E-state index contributed by atoms with van der Waals surface area (Å²) in [4.78, 5) is 11.2. The Morgan fingerprint density at radius 3 is 2.80 bits per heavy atom. The number of nitrogens with one attached hydrogen (secondary N) is 2. The van der Waals surface area contributed by atoms with Gasteiger partial charge in [-0.1, -0.05) is 0 Å². The molecular formula is C10H16N4O5S. The Balaban J connectivity index is 2.35. The highest BCUT2D eigenvalue weighted by Gasteiger charge is 2.45. The van der Waals surface area contributed by atoms with Gasteiger partial charge in [0, 0.05) is 6.92 Å². The molecule has 1 aromatic heterocycles. The molecule has 20 heavy (non-hydrogen) atoms. The first-order valence-electron chi connectivity index (χ1n) is 5.96. The third-order valence-electron chi connectivity index (χ3n) is 3.12. The lowest BCUT2D eigenvalue weighted by Crippen LogP contribution is -2.61. The van der Waals surface area contributed by atoms with Gasteiger partial charge in [-0.2, -0.15) is 5.10 Å². The summed E-state index contributed by atoms with van der Waals surface area (Å²) >= 11 is 5.02. The number of H-pyrrole nitrogens is 1. The highest BCUT2D eigenvalue weighted by molar-refractivity contribution is 7.71. The molecule has 2 rings (SSSR count). The molecule has 1 saturated heterocycles. The van der Waals surface area contributed by atoms with Crippen molar-refractivity contribution in [2.75, 3.05) is 6.61 Å². The number of hydrogen-bond acceptors (Lipinski definition) is 7. The van der Waals surface area contributed by atoms with Crippen molar-refractivity contribution in [1.29, 1.82) is 0 Å². The number of aromatic amines is 1. The Kier molecular flexibility index (Phi) is 4.50. The zero-order chi connectivity index (χ0) is 14.9. The standard InChI is InChI=1S/C10H16N4O5S/c1-4(16)12-6-8(18)7(17)5(2-15)19-9(6)14-3-11-13-10(14)20/h3,5-9,15,17-18H,2H2,1H3,(H,12,16)(H,13,20)/t5-,6-,7-,8-,9-/m1/s1. The van der Waals surface area contributed by atoms with Crippen LogP contribution >= 0.6 is 12.2 Å². The first kappa shape index (κ1) is 15.1. The average molecular weight is 304 g/mol. The number of rotatable bonds is 3. The van der Waals surface area contributed by atoms with E-state index in [4.69, 9.17) is 17.0 Å². The molecule has 0 unspecified atom stereocenters. The molecule has 5 N–H and O–H groups in total. The molecule has 0 spiro atoms. The summed E-state index contributed by atoms with van der Waals surface area (Å²) in [5.74, 6) is -0.396. The maximum Gasteiger partial charge on any atom is 0.217 e. The SMILES string of the molecule is CC(=O)N[C@@H]1[C@@H](O)[C@H](O)[C@@H](CO)O[C@H]1n1cn[nH]c1=S. The molecule has 0 aromatic carbocycles. The minimum atomic E-state index is -1.32. The largest absolute Gasteiger partial charge is 0.394 e. The molecular weight excluding hydrogens is 288 g/mol. The van der Waals surface area contributed by atoms with Crippen LogP contribution in [-0.4, -0.2) is 67.0 Å². The van der Waals surface area contributed by atoms with Gasteiger partial charge in [0.25, 0.3) is 0 Å². The summed E-state index contributed by atoms with van der Waals surface area (Å²) in [6, 6.07) is -0.922. The lowest BCUT2D eigenvalue weighted by atomic mass is 9.96. The molecule has 1 aliphatic heterocycles. The lowest BCUT2D eigenvalue weighted by molar-refractivity contribution is -0.216. The number of hydrogen-bond donors (Lipinski definition) is 5. The Hall–Kier alpha value is -1.33. The Morgan fingerprint density at radius 2 is 2.30 bits per heavy atom. The summed E-state index contributed by atoms with van der Waals surface area (Å²) < 4.78 is 7.14. The minimum absolute atomic E-state index is 0.227. The van der Waals surface area contributed by atoms with Crippen molar-refractivity contribution in [2.24, 2.45) is 0 Å². The number of nitrogens with zero attached hydrogens (tertiary/aromatic N) is 2. The van der Waals surface area contributed by atoms with Gasteiger partial charge in [0.15, 0.2) is 11.0 Å². The molecule has 0 aliphatic carbocycles. The number of aromatic nitrogens is 3. The van der Waals surface area contributed by atoms with Crippen LogP contribution < -0.4 is 5.32 Å². The predicted molar refractivity (Wildman–Crippen MR) is 68.0 cm³/mol. The van der Waals surface area contributed by atoms with E-state index in [1.54, 1.807) is 0 Å². The average Bonchev–Trinajstić information content (AvgIpc) is 2.81. The van der Waals surface area contributed by atoms with E-state index in [9.17, 15) is 20.1 Å². The molecule has 2 heterocycles. The van der Waals surface area contributed by atoms with Gasteiger partial charge in [0.05, 0.1) is 6.61 Å². The molecule has 0 bridgehead atoms. The van der Waals surface area contributed by atoms with E-state index >= 15 is 0 Å². The third-order valence-corrected chi connectivity index (χ3v) is 3.42. The van der Waals surface area contributed by atoms with E-state index in [-0.39, 0.29) is 4.77 Å². The van der Waals surface area contributed by atoms with Gasteiger partial charge < -0.3 is 25.4 Å². The fourth-order valence-corrected chi connectivity index (χ4v) is 2.37. The number of carbonyl (C=O) groups excluding carboxylic acids is 1. The Labute approximate surface area is 119 Å². The van der Waals surface area contributed by atoms with Crippen LogP contribution in [0, 0.1) is 4.77 Å². The number of carbonyl (C=O) groups is 1. The Bertz CT molecular complexity index is 532. The smallest absolute Gasteiger partial charge is 0.217 e. The van der Waals surface area contributed by atoms with E-state index in [0.717, 1.165) is 0 Å². The topological polar surface area (TPSA) is 133 Å². The summed E-state index contributed by atoms with van der Waals surface area (Å²) in [6.07, 6.45) is -3.17. The summed E-state index contributed by atoms with van der Waals surface area (Å²) in [5, 5.41) is 37.9. The highest BCUT2D eigenvalue weighted by Crippen LogP contribution is 2.28. The van der Waals surface area contributed by atoms with E-state index < -0.39 is 43.1 Å². The summed E-state index contributed by atoms with van der Waals surface area (Å²) in [6.45, 7) is 0.801. The van der Waals surface area contributed by atoms with Crippen molar-refractivity contribution in [3.05, 3.63) is 11.1 Å². The van der Waals surface area contributed by atoms with Crippen LogP contribution in [0.3, 0.4) is 0 Å². The predicted octanol–water partition coefficient (Wildman–Crippen LogP) is -1.94. The van der Waals surface area contributed by atoms with Gasteiger partial charge in [-0.05, 0) is 12.2 Å². The summed E-state index contributed by atoms with van der Waals surface area (Å²) in [5.41, 5.74) is 0. The van der Waals surface area contributed by atoms with Crippen LogP contribution in [-0.2, 0) is 9.53 Å². The molecule has 1 aromatic rings. The summed E-state index contributed by atoms with van der Waals surface area (Å²) in [7, 11) is 0. The van der Waals surface area contributed by atoms with Gasteiger partial charge in [-0.15, -0.1) is 0 Å². The third kappa shape index (κ3) is 2.74. The second kappa shape index (κ2) is 5.97. The molecule has 1 aliphatic rings. The molecule has 9 nitrogen and oxygen atoms in total. The zero-order valence-electron chi connectivity index (χ0n) is 10.6. The maximum atomic E-state index is 11.2. The van der Waals surface area contributed by atoms with Crippen LogP contribution in [0.2, 0.25) is 0 Å². The van der Waals surface area contributed by atoms with Gasteiger partial charge in [-0.25, -0.2) is 0 Å². The number of aliphatic hydroxyl groups excluding tert-OH is 3. The van der Waals surface area contributed by atoms with Gasteiger partial charge >= 0.3 is 0 Å². The fourth-order valence-electron chi connectivity index (χ4n) is 2.16. The number of aliphatic hydroxyl groups is 3. The van der Waals surface area contributed by atoms with E-state index in [1.165, 1.54) is 17.8 Å². The van der Waals surface area contributed by atoms with Crippen LogP contribution in [0.15, 0.2) is 6.33 Å². The molecule has 5 atom stereocenters. The van der Waals surface area contributed by atoms with Crippen LogP contribution in [0.1, 0.15) is 13.2 Å². The van der Waals surface area contributed by atoms with E-state index in [1.807, 2.05) is 0 Å². The maximum absolute atomic E-state index is 11.2. The van der Waals surface area contributed by atoms with E-state index in [2.05, 4.69) is 15.5 Å². The van der Waals surface area contributed by atoms with E-state index in [0.29, 0.717) is 0 Å². The van der Waals surface area contributed by atoms with Crippen molar-refractivity contribution in [3.63, 3.8) is 0 Å². The van der Waals surface area contributed by atoms with Gasteiger partial charge in [-0.3, -0.25) is 14.5 Å². The fraction of sp³-hybridized carbons (Fsp3) is 0.700.